The van der Waals surface area contributed by atoms with E-state index < -0.39 is 49.3 Å². The van der Waals surface area contributed by atoms with Crippen molar-refractivity contribution in [3.8, 4) is 0 Å². The molecule has 0 unspecified atom stereocenters. The monoisotopic (exact) mass is 1180 g/mol. The van der Waals surface area contributed by atoms with Crippen LogP contribution in [-0.4, -0.2) is 100 Å². The van der Waals surface area contributed by atoms with Crippen molar-refractivity contribution in [3.05, 3.63) is 213 Å². The zero-order valence-corrected chi connectivity index (χ0v) is 56.1. The van der Waals surface area contributed by atoms with Crippen LogP contribution in [-0.2, 0) is 38.1 Å². The van der Waals surface area contributed by atoms with E-state index in [-0.39, 0.29) is 23.7 Å². The van der Waals surface area contributed by atoms with Crippen LogP contribution in [0.1, 0.15) is 161 Å². The summed E-state index contributed by atoms with van der Waals surface area (Å²) in [5.41, 5.74) is 13.5. The molecule has 0 saturated heterocycles. The highest BCUT2D eigenvalue weighted by Gasteiger charge is 2.33. The third kappa shape index (κ3) is 32.6. The van der Waals surface area contributed by atoms with Gasteiger partial charge in [-0.05, 0) is 184 Å². The van der Waals surface area contributed by atoms with E-state index in [9.17, 15) is 19.2 Å². The molecule has 470 valence electrons. The predicted molar refractivity (Wildman–Crippen MR) is 361 cm³/mol. The molecule has 0 aromatic rings. The van der Waals surface area contributed by atoms with E-state index in [1.807, 2.05) is 113 Å². The van der Waals surface area contributed by atoms with Crippen LogP contribution < -0.4 is 0 Å². The van der Waals surface area contributed by atoms with Crippen molar-refractivity contribution in [1.82, 2.24) is 9.80 Å². The summed E-state index contributed by atoms with van der Waals surface area (Å²) < 4.78 is 23.2. The molecule has 0 N–H and O–H groups in total. The Morgan fingerprint density at radius 1 is 0.442 bits per heavy atom. The van der Waals surface area contributed by atoms with E-state index in [1.165, 1.54) is 72.0 Å². The van der Waals surface area contributed by atoms with Gasteiger partial charge < -0.3 is 28.7 Å². The lowest BCUT2D eigenvalue weighted by molar-refractivity contribution is -0.181. The summed E-state index contributed by atoms with van der Waals surface area (Å²) in [5, 5.41) is 0. The largest absolute Gasteiger partial charge is 0.458 e. The van der Waals surface area contributed by atoms with Crippen molar-refractivity contribution < 1.29 is 38.1 Å². The first-order chi connectivity index (χ1) is 40.6. The number of allylic oxidation sites excluding steroid dienone is 34. The molecular formula is C76H108N2O8. The molecule has 2 aliphatic rings. The van der Waals surface area contributed by atoms with Crippen LogP contribution in [0.25, 0.3) is 0 Å². The molecule has 0 aliphatic heterocycles. The second-order valence-electron chi connectivity index (χ2n) is 25.0. The Morgan fingerprint density at radius 3 is 1.03 bits per heavy atom. The number of ether oxygens (including phenoxy) is 4. The standard InChI is InChI=1S/C76H108N2O8/c1-57(35-23-37-61(5)47-49-67-63(7)43-27-51-75(67,11)12)31-19-21-33-59(3)39-25-41-65(9)73(81)83-55-69(85-71(79)45-29-53-77(15)16)70(86-72(80)46-30-54-78(17)18)56-84-74(82)66(10)42-26-40-60(4)34-22-20-32-58(2)36-24-38-62(6)48-50-68-64(8)44-28-52-76(68,13)14/h19-26,31-42,47-50,69-70H,27-30,43-46,51-56H2,1-18H3/b21-19+,22-20?,35-23+,36-24?,39-25+,40-26?,49-47+,50-48?,57-31+,58-32?,59-33+,60-34?,61-37+,62-38?,65-41-,66-42?/t69-,70+/m1/s1. The summed E-state index contributed by atoms with van der Waals surface area (Å²) in [6.07, 6.45) is 54.0. The molecule has 2 aliphatic carbocycles. The molecule has 0 heterocycles. The number of carbonyl (C=O) groups excluding carboxylic acids is 4. The topological polar surface area (TPSA) is 112 Å². The van der Waals surface area contributed by atoms with Gasteiger partial charge in [-0.15, -0.1) is 0 Å². The van der Waals surface area contributed by atoms with E-state index in [1.54, 1.807) is 38.2 Å². The van der Waals surface area contributed by atoms with E-state index in [0.29, 0.717) is 37.1 Å². The van der Waals surface area contributed by atoms with Gasteiger partial charge in [0.15, 0.2) is 12.2 Å². The first-order valence-corrected chi connectivity index (χ1v) is 30.8. The summed E-state index contributed by atoms with van der Waals surface area (Å²) >= 11 is 0. The normalized spacial score (nSPS) is 18.3. The maximum Gasteiger partial charge on any atom is 0.333 e. The smallest absolute Gasteiger partial charge is 0.333 e. The first-order valence-electron chi connectivity index (χ1n) is 30.8. The van der Waals surface area contributed by atoms with E-state index >= 15 is 0 Å². The van der Waals surface area contributed by atoms with Crippen molar-refractivity contribution in [2.45, 2.75) is 173 Å². The van der Waals surface area contributed by atoms with Gasteiger partial charge in [-0.25, -0.2) is 9.59 Å². The summed E-state index contributed by atoms with van der Waals surface area (Å²) in [7, 11) is 7.62. The Morgan fingerprint density at radius 2 is 0.733 bits per heavy atom. The Kier molecular flexibility index (Phi) is 35.4. The van der Waals surface area contributed by atoms with E-state index in [0.717, 1.165) is 22.3 Å². The number of rotatable bonds is 33. The maximum absolute atomic E-state index is 13.4. The fourth-order valence-electron chi connectivity index (χ4n) is 9.65. The van der Waals surface area contributed by atoms with Gasteiger partial charge in [0.2, 0.25) is 0 Å². The van der Waals surface area contributed by atoms with Crippen molar-refractivity contribution in [2.75, 3.05) is 54.5 Å². The summed E-state index contributed by atoms with van der Waals surface area (Å²) in [5.74, 6) is -2.47. The molecule has 0 aromatic heterocycles. The fourth-order valence-corrected chi connectivity index (χ4v) is 9.65. The molecule has 86 heavy (non-hydrogen) atoms. The van der Waals surface area contributed by atoms with Gasteiger partial charge in [-0.2, -0.15) is 0 Å². The van der Waals surface area contributed by atoms with Crippen LogP contribution in [0.3, 0.4) is 0 Å². The molecule has 0 saturated carbocycles. The van der Waals surface area contributed by atoms with Crippen molar-refractivity contribution in [3.63, 3.8) is 0 Å². The fraction of sp³-hybridized carbons (Fsp3) is 0.474. The van der Waals surface area contributed by atoms with Crippen LogP contribution in [0.2, 0.25) is 0 Å². The predicted octanol–water partition coefficient (Wildman–Crippen LogP) is 17.7. The molecule has 2 atom stereocenters. The molecule has 0 spiro atoms. The highest BCUT2D eigenvalue weighted by Crippen LogP contribution is 2.42. The lowest BCUT2D eigenvalue weighted by atomic mass is 9.72. The highest BCUT2D eigenvalue weighted by molar-refractivity contribution is 5.88. The van der Waals surface area contributed by atoms with E-state index in [2.05, 4.69) is 130 Å². The number of nitrogens with zero attached hydrogens (tertiary/aromatic N) is 2. The summed E-state index contributed by atoms with van der Waals surface area (Å²) in [6, 6.07) is 0. The number of carbonyl (C=O) groups is 4. The number of hydrogen-bond acceptors (Lipinski definition) is 10. The summed E-state index contributed by atoms with van der Waals surface area (Å²) in [6.45, 7) is 29.8. The molecule has 0 amide bonds. The second kappa shape index (κ2) is 40.5. The average molecular weight is 1180 g/mol. The highest BCUT2D eigenvalue weighted by atomic mass is 16.6. The molecule has 0 fully saturated rings. The second-order valence-corrected chi connectivity index (χ2v) is 25.0. The quantitative estimate of drug-likeness (QED) is 0.0273. The third-order valence-electron chi connectivity index (χ3n) is 15.0. The van der Waals surface area contributed by atoms with Gasteiger partial charge >= 0.3 is 23.9 Å². The van der Waals surface area contributed by atoms with Gasteiger partial charge in [-0.1, -0.05) is 218 Å². The Hall–Kier alpha value is -6.88. The molecule has 10 heteroatoms. The van der Waals surface area contributed by atoms with Gasteiger partial charge in [0.05, 0.1) is 0 Å². The first kappa shape index (κ1) is 75.2. The Bertz CT molecular complexity index is 2650. The minimum atomic E-state index is -1.27. The SMILES string of the molecule is CC(C=CC=C(C)C=CC1=C(C)CCCC1(C)C)=CC=CC=C(C)C=CC=C(C)C(=O)OC[C@H](OC(=O)CCCN(C)C)[C@@H](COC(=O)\C(C)=C/C=C/C(C)=C/C=C/C=C(C)/C=C/C=C(C)/C=C/C1=C(C)CCCC1(C)C)OC(=O)CCCN(C)C. The number of esters is 4. The molecule has 10 nitrogen and oxygen atoms in total. The van der Waals surface area contributed by atoms with Crippen LogP contribution in [0, 0.1) is 10.8 Å². The molecular weight excluding hydrogens is 1070 g/mol. The molecule has 0 aromatic carbocycles. The van der Waals surface area contributed by atoms with Crippen molar-refractivity contribution in [2.24, 2.45) is 10.8 Å². The zero-order valence-electron chi connectivity index (χ0n) is 56.1. The Labute approximate surface area is 520 Å². The minimum Gasteiger partial charge on any atom is -0.458 e. The number of hydrogen-bond donors (Lipinski definition) is 0. The maximum atomic E-state index is 13.4. The van der Waals surface area contributed by atoms with Crippen LogP contribution in [0.4, 0.5) is 0 Å². The average Bonchev–Trinajstić information content (AvgIpc) is 2.54. The third-order valence-corrected chi connectivity index (χ3v) is 15.0. The van der Waals surface area contributed by atoms with Gasteiger partial charge in [0.25, 0.3) is 0 Å². The molecule has 2 rings (SSSR count). The van der Waals surface area contributed by atoms with Crippen LogP contribution in [0.15, 0.2) is 213 Å². The van der Waals surface area contributed by atoms with Gasteiger partial charge in [-0.3, -0.25) is 9.59 Å². The van der Waals surface area contributed by atoms with Crippen molar-refractivity contribution in [1.29, 1.82) is 0 Å². The zero-order chi connectivity index (χ0) is 64.2. The molecule has 0 radical (unpaired) electrons. The van der Waals surface area contributed by atoms with Crippen molar-refractivity contribution >= 4 is 23.9 Å². The lowest BCUT2D eigenvalue weighted by Gasteiger charge is -2.33. The Balaban J connectivity index is 2.17. The van der Waals surface area contributed by atoms with Gasteiger partial charge in [0, 0.05) is 24.0 Å². The minimum absolute atomic E-state index is 0.0661. The molecule has 0 bridgehead atoms. The van der Waals surface area contributed by atoms with Gasteiger partial charge in [0.1, 0.15) is 13.2 Å². The lowest BCUT2D eigenvalue weighted by Crippen LogP contribution is -2.42. The summed E-state index contributed by atoms with van der Waals surface area (Å²) in [4.78, 5) is 57.3. The van der Waals surface area contributed by atoms with Crippen LogP contribution >= 0.6 is 0 Å². The van der Waals surface area contributed by atoms with Crippen LogP contribution in [0.5, 0.6) is 0 Å². The van der Waals surface area contributed by atoms with E-state index in [4.69, 9.17) is 18.9 Å².